The molecule has 1 nitrogen and oxygen atoms in total. The third-order valence-corrected chi connectivity index (χ3v) is 16.2. The average molecular weight is 607 g/mol. The normalized spacial score (nSPS) is 13.8. The van der Waals surface area contributed by atoms with Gasteiger partial charge in [0, 0.05) is 27.2 Å². The van der Waals surface area contributed by atoms with Crippen molar-refractivity contribution in [3.05, 3.63) is 169 Å². The highest BCUT2D eigenvalue weighted by atomic mass is 31.2. The highest BCUT2D eigenvalue weighted by Gasteiger charge is 2.40. The van der Waals surface area contributed by atoms with E-state index in [0.717, 1.165) is 22.1 Å². The highest BCUT2D eigenvalue weighted by Crippen LogP contribution is 2.55. The second kappa shape index (κ2) is 11.0. The number of benzene rings is 6. The summed E-state index contributed by atoms with van der Waals surface area (Å²) in [6.45, 7) is 0.0283. The molecule has 0 aromatic heterocycles. The van der Waals surface area contributed by atoms with Gasteiger partial charge < -0.3 is 4.74 Å². The molecule has 7 rings (SSSR count). The predicted molar refractivity (Wildman–Crippen MR) is 197 cm³/mol. The summed E-state index contributed by atoms with van der Waals surface area (Å²) >= 11 is 0. The Labute approximate surface area is 261 Å². The van der Waals surface area contributed by atoms with E-state index in [1.165, 1.54) is 32.3 Å². The molecule has 6 aromatic carbocycles. The number of rotatable bonds is 6. The van der Waals surface area contributed by atoms with Crippen LogP contribution in [0.15, 0.2) is 158 Å². The molecule has 0 N–H and O–H groups in total. The van der Waals surface area contributed by atoms with Crippen molar-refractivity contribution < 1.29 is 4.74 Å². The first kappa shape index (κ1) is 28.5. The molecule has 0 spiro atoms. The van der Waals surface area contributed by atoms with E-state index in [9.17, 15) is 0 Å². The minimum atomic E-state index is -2.31. The topological polar surface area (TPSA) is 9.23 Å². The molecule has 44 heavy (non-hydrogen) atoms. The molecule has 0 amide bonds. The van der Waals surface area contributed by atoms with Crippen molar-refractivity contribution in [1.82, 2.24) is 0 Å². The van der Waals surface area contributed by atoms with Crippen molar-refractivity contribution in [2.24, 2.45) is 0 Å². The minimum Gasteiger partial charge on any atom is -0.455 e. The van der Waals surface area contributed by atoms with E-state index in [0.29, 0.717) is 0 Å². The molecular weight excluding hydrogens is 570 g/mol. The molecule has 0 saturated heterocycles. The van der Waals surface area contributed by atoms with E-state index in [1.54, 1.807) is 0 Å². The van der Waals surface area contributed by atoms with Gasteiger partial charge in [0.05, 0.1) is 0 Å². The fourth-order valence-corrected chi connectivity index (χ4v) is 12.8. The zero-order valence-corrected chi connectivity index (χ0v) is 27.0. The first-order chi connectivity index (χ1) is 21.4. The molecule has 0 aliphatic carbocycles. The molecule has 3 heteroatoms. The van der Waals surface area contributed by atoms with Crippen LogP contribution < -0.4 is 36.6 Å². The first-order valence-corrected chi connectivity index (χ1v) is 19.0. The number of hydrogen-bond acceptors (Lipinski definition) is 1. The number of hydrogen-bond donors (Lipinski definition) is 0. The molecule has 0 atom stereocenters. The van der Waals surface area contributed by atoms with Gasteiger partial charge in [0.15, 0.2) is 0 Å². The third kappa shape index (κ3) is 4.38. The van der Waals surface area contributed by atoms with E-state index < -0.39 is 13.8 Å². The largest absolute Gasteiger partial charge is 0.455 e. The highest BCUT2D eigenvalue weighted by molar-refractivity contribution is 7.94. The fraction of sp³-hybridized carbons (Fsp3) is 0.0732. The Bertz CT molecular complexity index is 1810. The molecular formula is C41H36OP2. The molecule has 1 aliphatic rings. The average Bonchev–Trinajstić information content (AvgIpc) is 3.09. The van der Waals surface area contributed by atoms with Gasteiger partial charge in [-0.3, -0.25) is 0 Å². The van der Waals surface area contributed by atoms with Crippen LogP contribution in [0.25, 0.3) is 0 Å². The van der Waals surface area contributed by atoms with Crippen molar-refractivity contribution in [3.8, 4) is 11.5 Å². The Morgan fingerprint density at radius 2 is 0.705 bits per heavy atom. The van der Waals surface area contributed by atoms with Crippen LogP contribution >= 0.6 is 13.8 Å². The zero-order chi connectivity index (χ0) is 30.4. The lowest BCUT2D eigenvalue weighted by molar-refractivity contribution is 0.425. The van der Waals surface area contributed by atoms with Crippen molar-refractivity contribution in [3.63, 3.8) is 0 Å². The first-order valence-electron chi connectivity index (χ1n) is 15.0. The summed E-state index contributed by atoms with van der Waals surface area (Å²) in [5, 5.41) is 7.24. The van der Waals surface area contributed by atoms with Gasteiger partial charge in [-0.1, -0.05) is 184 Å². The number of ether oxygens (including phenoxy) is 1. The Morgan fingerprint density at radius 3 is 1.00 bits per heavy atom. The molecule has 0 radical (unpaired) electrons. The molecule has 0 fully saturated rings. The van der Waals surface area contributed by atoms with Gasteiger partial charge in [0.25, 0.3) is 0 Å². The quantitative estimate of drug-likeness (QED) is 0.178. The summed E-state index contributed by atoms with van der Waals surface area (Å²) in [6.07, 6.45) is 10.2. The fourth-order valence-electron chi connectivity index (χ4n) is 6.68. The van der Waals surface area contributed by atoms with Crippen LogP contribution in [0.3, 0.4) is 0 Å². The second-order valence-corrected chi connectivity index (χ2v) is 18.3. The van der Waals surface area contributed by atoms with Gasteiger partial charge in [-0.2, -0.15) is 0 Å². The lowest BCUT2D eigenvalue weighted by Crippen LogP contribution is -2.34. The number of fused-ring (bicyclic) bond motifs is 2. The van der Waals surface area contributed by atoms with Crippen LogP contribution in [0.5, 0.6) is 11.5 Å². The van der Waals surface area contributed by atoms with E-state index in [4.69, 9.17) is 17.3 Å². The van der Waals surface area contributed by atoms with E-state index >= 15 is 0 Å². The van der Waals surface area contributed by atoms with Crippen LogP contribution in [-0.2, 0) is 5.41 Å². The van der Waals surface area contributed by atoms with E-state index in [-0.39, 0.29) is 5.41 Å². The van der Waals surface area contributed by atoms with Crippen LogP contribution in [0.1, 0.15) is 25.0 Å². The van der Waals surface area contributed by atoms with Gasteiger partial charge in [-0.25, -0.2) is 0 Å². The minimum absolute atomic E-state index is 0.300. The van der Waals surface area contributed by atoms with Gasteiger partial charge >= 0.3 is 0 Å². The van der Waals surface area contributed by atoms with Gasteiger partial charge in [0.2, 0.25) is 0 Å². The predicted octanol–water partition coefficient (Wildman–Crippen LogP) is 7.57. The molecule has 1 heterocycles. The smallest absolute Gasteiger partial charge is 0.139 e. The monoisotopic (exact) mass is 606 g/mol. The van der Waals surface area contributed by atoms with Crippen LogP contribution in [-0.4, -0.2) is 12.6 Å². The Kier molecular flexibility index (Phi) is 7.13. The van der Waals surface area contributed by atoms with E-state index in [2.05, 4.69) is 172 Å². The SMILES string of the molecule is C=P(c1ccccc1)(c1ccccc1)c1cccc2c1Oc1c(cccc1P(=C)(c1ccccc1)c1ccccc1)C2(C)C. The lowest BCUT2D eigenvalue weighted by atomic mass is 9.76. The van der Waals surface area contributed by atoms with Crippen molar-refractivity contribution in [2.75, 3.05) is 0 Å². The van der Waals surface area contributed by atoms with Crippen molar-refractivity contribution >= 4 is 58.2 Å². The molecule has 0 unspecified atom stereocenters. The Morgan fingerprint density at radius 1 is 0.409 bits per heavy atom. The summed E-state index contributed by atoms with van der Waals surface area (Å²) in [4.78, 5) is 0. The maximum absolute atomic E-state index is 7.33. The Balaban J connectivity index is 1.52. The van der Waals surface area contributed by atoms with Crippen LogP contribution in [0, 0.1) is 0 Å². The summed E-state index contributed by atoms with van der Waals surface area (Å²) in [5.74, 6) is 1.86. The van der Waals surface area contributed by atoms with Gasteiger partial charge in [-0.15, -0.1) is 0 Å². The molecule has 6 aromatic rings. The van der Waals surface area contributed by atoms with Crippen LogP contribution in [0.2, 0.25) is 0 Å². The molecule has 0 saturated carbocycles. The van der Waals surface area contributed by atoms with Crippen molar-refractivity contribution in [2.45, 2.75) is 19.3 Å². The third-order valence-electron chi connectivity index (χ3n) is 9.15. The lowest BCUT2D eigenvalue weighted by Gasteiger charge is -2.40. The number of para-hydroxylation sites is 2. The van der Waals surface area contributed by atoms with Crippen molar-refractivity contribution in [1.29, 1.82) is 0 Å². The summed E-state index contributed by atoms with van der Waals surface area (Å²) in [7, 11) is 0. The molecule has 0 bridgehead atoms. The second-order valence-electron chi connectivity index (χ2n) is 12.0. The Hall–Kier alpha value is -4.28. The molecule has 1 aliphatic heterocycles. The van der Waals surface area contributed by atoms with E-state index in [1.807, 2.05) is 0 Å². The summed E-state index contributed by atoms with van der Waals surface area (Å²) in [6, 6.07) is 56.3. The zero-order valence-electron chi connectivity index (χ0n) is 25.2. The van der Waals surface area contributed by atoms with Gasteiger partial charge in [-0.05, 0) is 35.0 Å². The maximum atomic E-state index is 7.33. The van der Waals surface area contributed by atoms with Crippen LogP contribution in [0.4, 0.5) is 0 Å². The molecule has 216 valence electrons. The summed E-state index contributed by atoms with van der Waals surface area (Å²) in [5.41, 5.74) is 2.07. The standard InChI is InChI=1S/C41H36OP2/c1-41(2)35-27-17-29-37(43(3,31-19-9-5-10-20-31)32-21-11-6-12-22-32)39(35)42-40-36(41)28-18-30-38(40)44(4,33-23-13-7-14-24-33)34-25-15-8-16-26-34/h5-30H,3-4H2,1-2H3. The van der Waals surface area contributed by atoms with Gasteiger partial charge in [0.1, 0.15) is 11.5 Å². The summed E-state index contributed by atoms with van der Waals surface area (Å²) < 4.78 is 7.33. The maximum Gasteiger partial charge on any atom is 0.139 e.